The number of fused-ring (bicyclic) bond motifs is 1. The number of aliphatic hydroxyl groups is 1. The van der Waals surface area contributed by atoms with Gasteiger partial charge in [0.15, 0.2) is 0 Å². The summed E-state index contributed by atoms with van der Waals surface area (Å²) in [6, 6.07) is 0.161. The van der Waals surface area contributed by atoms with E-state index >= 15 is 0 Å². The van der Waals surface area contributed by atoms with Crippen molar-refractivity contribution < 1.29 is 38.4 Å². The van der Waals surface area contributed by atoms with Crippen LogP contribution in [0.25, 0.3) is 11.2 Å². The molecule has 3 atom stereocenters. The average Bonchev–Trinajstić information content (AvgIpc) is 3.09. The van der Waals surface area contributed by atoms with Gasteiger partial charge >= 0.3 is 159 Å². The molecule has 5 N–H and O–H groups in total. The molecule has 4 heterocycles. The van der Waals surface area contributed by atoms with Gasteiger partial charge in [-0.05, 0) is 0 Å². The first-order valence-electron chi connectivity index (χ1n) is 8.66. The zero-order valence-corrected chi connectivity index (χ0v) is 17.1. The van der Waals surface area contributed by atoms with Crippen LogP contribution in [0.15, 0.2) is 12.7 Å². The van der Waals surface area contributed by atoms with E-state index in [9.17, 15) is 19.8 Å². The van der Waals surface area contributed by atoms with Gasteiger partial charge in [0.05, 0.1) is 0 Å². The quantitative estimate of drug-likeness (QED) is 0.224. The predicted octanol–water partition coefficient (Wildman–Crippen LogP) is 0.155. The number of imidazole rings is 1. The van der Waals surface area contributed by atoms with Gasteiger partial charge < -0.3 is 0 Å². The molecule has 15 heteroatoms. The summed E-state index contributed by atoms with van der Waals surface area (Å²) in [6.07, 6.45) is 0.813. The van der Waals surface area contributed by atoms with Gasteiger partial charge in [-0.2, -0.15) is 0 Å². The van der Waals surface area contributed by atoms with Crippen molar-refractivity contribution in [2.75, 3.05) is 11.9 Å². The minimum atomic E-state index is -4.54. The molecule has 2 aliphatic rings. The normalized spacial score (nSPS) is 28.6. The number of hydrogen-bond acceptors (Lipinski definition) is 12. The zero-order chi connectivity index (χ0) is 20.1. The summed E-state index contributed by atoms with van der Waals surface area (Å²) in [6.45, 7) is 3.62. The molecule has 13 nitrogen and oxygen atoms in total. The van der Waals surface area contributed by atoms with Crippen LogP contribution >= 0.6 is 15.3 Å². The van der Waals surface area contributed by atoms with E-state index in [4.69, 9.17) is 9.26 Å². The fourth-order valence-corrected chi connectivity index (χ4v) is 5.85. The van der Waals surface area contributed by atoms with Crippen molar-refractivity contribution in [1.82, 2.24) is 19.5 Å². The molecule has 2 aliphatic heterocycles. The summed E-state index contributed by atoms with van der Waals surface area (Å²) < 4.78 is 21.0. The Kier molecular flexibility index (Phi) is 5.26. The van der Waals surface area contributed by atoms with Gasteiger partial charge in [-0.15, -0.1) is 0 Å². The van der Waals surface area contributed by atoms with Crippen molar-refractivity contribution in [2.24, 2.45) is 0 Å². The molecular weight excluding hydrogens is 416 g/mol. The van der Waals surface area contributed by atoms with Crippen LogP contribution < -0.4 is 5.32 Å². The van der Waals surface area contributed by atoms with E-state index in [2.05, 4.69) is 29.6 Å². The number of anilines is 1. The van der Waals surface area contributed by atoms with Crippen LogP contribution in [-0.4, -0.2) is 64.2 Å². The average molecular weight is 439 g/mol. The Balaban J connectivity index is 1.47. The van der Waals surface area contributed by atoms with Gasteiger partial charge in [-0.3, -0.25) is 0 Å². The van der Waals surface area contributed by atoms with Crippen LogP contribution in [-0.2, 0) is 18.6 Å². The standard InChI is InChI=1S/C13H23N5O8P2/c1-7(2)17-12-11-13(15-5-14-12)18(6-16-11)10-3-8(19)9(24-10)4-23-27(20,21)28(22)25-26-28/h5-10,19-22,27-28H,3-4H2,1-2H3,(H,14,15,17)/t8?,9-,10-/m1/s1. The molecular formula is C13H23N5O8P2. The van der Waals surface area contributed by atoms with Crippen molar-refractivity contribution in [2.45, 2.75) is 44.7 Å². The Morgan fingerprint density at radius 1 is 1.36 bits per heavy atom. The number of aromatic nitrogens is 4. The molecule has 4 rings (SSSR count). The Labute approximate surface area is 160 Å². The van der Waals surface area contributed by atoms with Crippen LogP contribution in [0.2, 0.25) is 0 Å². The van der Waals surface area contributed by atoms with E-state index in [1.807, 2.05) is 13.8 Å². The van der Waals surface area contributed by atoms with Crippen LogP contribution in [0.4, 0.5) is 5.82 Å². The number of ether oxygens (including phenoxy) is 1. The Morgan fingerprint density at radius 3 is 2.79 bits per heavy atom. The van der Waals surface area contributed by atoms with Crippen LogP contribution in [0, 0.1) is 0 Å². The molecule has 0 aliphatic carbocycles. The summed E-state index contributed by atoms with van der Waals surface area (Å²) in [5.74, 6) is 0.594. The second kappa shape index (κ2) is 7.29. The molecule has 1 unspecified atom stereocenters. The summed E-state index contributed by atoms with van der Waals surface area (Å²) in [4.78, 5) is 42.0. The van der Waals surface area contributed by atoms with E-state index < -0.39 is 33.7 Å². The molecule has 2 saturated heterocycles. The number of rotatable bonds is 7. The first-order chi connectivity index (χ1) is 13.2. The topological polar surface area (TPSA) is 180 Å². The summed E-state index contributed by atoms with van der Waals surface area (Å²) in [7, 11) is -8.54. The third kappa shape index (κ3) is 3.71. The van der Waals surface area contributed by atoms with E-state index in [-0.39, 0.29) is 19.1 Å². The number of nitrogens with one attached hydrogen (secondary N) is 1. The molecule has 2 aromatic rings. The molecule has 2 aromatic heterocycles. The molecule has 0 spiro atoms. The van der Waals surface area contributed by atoms with Crippen LogP contribution in [0.1, 0.15) is 26.5 Å². The van der Waals surface area contributed by atoms with Gasteiger partial charge in [0.25, 0.3) is 0 Å². The van der Waals surface area contributed by atoms with Gasteiger partial charge in [-0.25, -0.2) is 0 Å². The fourth-order valence-electron chi connectivity index (χ4n) is 2.92. The fraction of sp³-hybridized carbons (Fsp3) is 0.615. The van der Waals surface area contributed by atoms with Crippen molar-refractivity contribution in [3.8, 4) is 0 Å². The number of aliphatic hydroxyl groups excluding tert-OH is 1. The molecule has 0 radical (unpaired) electrons. The van der Waals surface area contributed by atoms with Crippen LogP contribution in [0.5, 0.6) is 0 Å². The monoisotopic (exact) mass is 439 g/mol. The first kappa shape index (κ1) is 20.2. The van der Waals surface area contributed by atoms with Gasteiger partial charge in [0.1, 0.15) is 0 Å². The van der Waals surface area contributed by atoms with E-state index in [1.165, 1.54) is 6.33 Å². The third-order valence-electron chi connectivity index (χ3n) is 4.40. The van der Waals surface area contributed by atoms with Gasteiger partial charge in [-0.1, -0.05) is 0 Å². The minimum absolute atomic E-state index is 0.161. The van der Waals surface area contributed by atoms with Crippen molar-refractivity contribution in [3.05, 3.63) is 12.7 Å². The molecule has 0 amide bonds. The molecule has 0 aromatic carbocycles. The SMILES string of the molecule is CC(C)Nc1ncnc2c1ncn2[C@H]1CC(O)[C@@H](CO[PH](O)(O)[PH]2(O)OO2)O1. The number of hydrogen-bond donors (Lipinski definition) is 5. The molecule has 28 heavy (non-hydrogen) atoms. The molecule has 158 valence electrons. The summed E-state index contributed by atoms with van der Waals surface area (Å²) >= 11 is 0. The first-order valence-corrected chi connectivity index (χ1v) is 13.2. The molecule has 2 fully saturated rings. The van der Waals surface area contributed by atoms with Crippen molar-refractivity contribution in [3.63, 3.8) is 0 Å². The van der Waals surface area contributed by atoms with Crippen molar-refractivity contribution in [1.29, 1.82) is 0 Å². The van der Waals surface area contributed by atoms with Gasteiger partial charge in [0.2, 0.25) is 0 Å². The molecule has 0 saturated carbocycles. The van der Waals surface area contributed by atoms with Crippen molar-refractivity contribution >= 4 is 32.2 Å². The zero-order valence-electron chi connectivity index (χ0n) is 15.1. The maximum atomic E-state index is 10.3. The molecule has 0 bridgehead atoms. The van der Waals surface area contributed by atoms with Gasteiger partial charge in [0, 0.05) is 0 Å². The second-order valence-electron chi connectivity index (χ2n) is 6.95. The van der Waals surface area contributed by atoms with Crippen LogP contribution in [0.3, 0.4) is 0 Å². The predicted molar refractivity (Wildman–Crippen MR) is 100 cm³/mol. The van der Waals surface area contributed by atoms with E-state index in [0.717, 1.165) is 0 Å². The Morgan fingerprint density at radius 2 is 2.11 bits per heavy atom. The second-order valence-corrected chi connectivity index (χ2v) is 13.8. The third-order valence-corrected chi connectivity index (χ3v) is 9.68. The Hall–Kier alpha value is -1.11. The summed E-state index contributed by atoms with van der Waals surface area (Å²) in [5.41, 5.74) is 1.11. The Bertz CT molecular complexity index is 863. The van der Waals surface area contributed by atoms with E-state index in [0.29, 0.717) is 17.0 Å². The van der Waals surface area contributed by atoms with E-state index in [1.54, 1.807) is 10.9 Å². The number of nitrogens with zero attached hydrogens (tertiary/aromatic N) is 4. The maximum absolute atomic E-state index is 10.3. The summed E-state index contributed by atoms with van der Waals surface area (Å²) in [5, 5.41) is 13.5.